The summed E-state index contributed by atoms with van der Waals surface area (Å²) in [6.07, 6.45) is 3.58. The zero-order valence-corrected chi connectivity index (χ0v) is 9.97. The summed E-state index contributed by atoms with van der Waals surface area (Å²) >= 11 is 0. The Morgan fingerprint density at radius 3 is 2.41 bits per heavy atom. The standard InChI is InChI=1S/C14H14N2O/c1-11-6-7-13(10-12(11)2)14(17)15-16-8-4-3-5-9-16/h3-10H,1-2H3/p+1. The molecule has 1 N–H and O–H groups in total. The third kappa shape index (κ3) is 2.69. The van der Waals surface area contributed by atoms with Crippen molar-refractivity contribution >= 4 is 5.91 Å². The minimum atomic E-state index is -0.107. The Labute approximate surface area is 101 Å². The lowest BCUT2D eigenvalue weighted by atomic mass is 10.1. The van der Waals surface area contributed by atoms with Crippen molar-refractivity contribution in [2.75, 3.05) is 5.43 Å². The summed E-state index contributed by atoms with van der Waals surface area (Å²) in [6.45, 7) is 4.03. The van der Waals surface area contributed by atoms with Gasteiger partial charge in [-0.15, -0.1) is 5.43 Å². The van der Waals surface area contributed by atoms with E-state index in [1.807, 2.05) is 50.2 Å². The highest BCUT2D eigenvalue weighted by molar-refractivity contribution is 5.98. The molecular formula is C14H15N2O+. The van der Waals surface area contributed by atoms with Crippen LogP contribution in [-0.2, 0) is 0 Å². The van der Waals surface area contributed by atoms with E-state index in [4.69, 9.17) is 0 Å². The second-order valence-corrected chi connectivity index (χ2v) is 4.02. The fourth-order valence-corrected chi connectivity index (χ4v) is 1.54. The van der Waals surface area contributed by atoms with Crippen molar-refractivity contribution in [3.63, 3.8) is 0 Å². The smallest absolute Gasteiger partial charge is 0.264 e. The SMILES string of the molecule is Cc1ccc(C(=O)N[n+]2ccccc2)cc1C. The van der Waals surface area contributed by atoms with E-state index < -0.39 is 0 Å². The number of carbonyl (C=O) groups excluding carboxylic acids is 1. The zero-order chi connectivity index (χ0) is 12.3. The summed E-state index contributed by atoms with van der Waals surface area (Å²) in [7, 11) is 0. The minimum absolute atomic E-state index is 0.107. The normalized spacial score (nSPS) is 10.0. The molecule has 0 saturated carbocycles. The Balaban J connectivity index is 2.18. The second kappa shape index (κ2) is 4.78. The Kier molecular flexibility index (Phi) is 3.19. The molecule has 3 heteroatoms. The summed E-state index contributed by atoms with van der Waals surface area (Å²) in [5, 5.41) is 0. The lowest BCUT2D eigenvalue weighted by Crippen LogP contribution is -2.47. The van der Waals surface area contributed by atoms with Gasteiger partial charge in [0.1, 0.15) is 0 Å². The van der Waals surface area contributed by atoms with Gasteiger partial charge in [0.15, 0.2) is 12.4 Å². The Bertz CT molecular complexity index is 535. The van der Waals surface area contributed by atoms with Crippen LogP contribution in [0.3, 0.4) is 0 Å². The molecule has 2 aromatic rings. The number of benzene rings is 1. The monoisotopic (exact) mass is 227 g/mol. The van der Waals surface area contributed by atoms with Crippen LogP contribution in [-0.4, -0.2) is 5.91 Å². The Hall–Kier alpha value is -2.16. The number of carbonyl (C=O) groups is 1. The van der Waals surface area contributed by atoms with Gasteiger partial charge in [-0.3, -0.25) is 4.79 Å². The first-order valence-corrected chi connectivity index (χ1v) is 5.52. The van der Waals surface area contributed by atoms with Crippen molar-refractivity contribution in [3.8, 4) is 0 Å². The summed E-state index contributed by atoms with van der Waals surface area (Å²) < 4.78 is 1.64. The van der Waals surface area contributed by atoms with E-state index in [9.17, 15) is 4.79 Å². The number of hydrogen-bond donors (Lipinski definition) is 1. The second-order valence-electron chi connectivity index (χ2n) is 4.02. The van der Waals surface area contributed by atoms with Crippen LogP contribution in [0.1, 0.15) is 21.5 Å². The molecule has 0 spiro atoms. The summed E-state index contributed by atoms with van der Waals surface area (Å²) in [5.74, 6) is -0.107. The average molecular weight is 227 g/mol. The third-order valence-corrected chi connectivity index (χ3v) is 2.72. The van der Waals surface area contributed by atoms with Gasteiger partial charge in [-0.2, -0.15) is 0 Å². The molecule has 0 saturated heterocycles. The number of amides is 1. The molecule has 0 bridgehead atoms. The molecule has 0 aliphatic rings. The molecule has 0 aliphatic carbocycles. The van der Waals surface area contributed by atoms with Gasteiger partial charge < -0.3 is 0 Å². The van der Waals surface area contributed by atoms with Gasteiger partial charge in [-0.25, -0.2) is 0 Å². The van der Waals surface area contributed by atoms with Crippen LogP contribution in [0.25, 0.3) is 0 Å². The predicted molar refractivity (Wildman–Crippen MR) is 66.2 cm³/mol. The van der Waals surface area contributed by atoms with Crippen LogP contribution in [0.4, 0.5) is 0 Å². The number of aromatic nitrogens is 1. The van der Waals surface area contributed by atoms with Gasteiger partial charge >= 0.3 is 5.91 Å². The number of hydrogen-bond acceptors (Lipinski definition) is 1. The van der Waals surface area contributed by atoms with Gasteiger partial charge in [-0.1, -0.05) is 16.8 Å². The maximum atomic E-state index is 11.9. The maximum Gasteiger partial charge on any atom is 0.305 e. The van der Waals surface area contributed by atoms with Crippen molar-refractivity contribution in [3.05, 3.63) is 65.5 Å². The summed E-state index contributed by atoms with van der Waals surface area (Å²) in [5.41, 5.74) is 5.76. The number of aryl methyl sites for hydroxylation is 2. The number of rotatable bonds is 2. The van der Waals surface area contributed by atoms with E-state index in [-0.39, 0.29) is 5.91 Å². The van der Waals surface area contributed by atoms with Crippen LogP contribution in [0, 0.1) is 13.8 Å². The quantitative estimate of drug-likeness (QED) is 0.782. The van der Waals surface area contributed by atoms with Gasteiger partial charge in [0.05, 0.1) is 0 Å². The highest BCUT2D eigenvalue weighted by Gasteiger charge is 2.10. The van der Waals surface area contributed by atoms with Crippen molar-refractivity contribution in [1.29, 1.82) is 0 Å². The summed E-state index contributed by atoms with van der Waals surface area (Å²) in [4.78, 5) is 11.9. The maximum absolute atomic E-state index is 11.9. The average Bonchev–Trinajstić information content (AvgIpc) is 2.34. The van der Waals surface area contributed by atoms with E-state index in [1.165, 1.54) is 5.56 Å². The molecule has 0 radical (unpaired) electrons. The summed E-state index contributed by atoms with van der Waals surface area (Å²) in [6, 6.07) is 11.3. The highest BCUT2D eigenvalue weighted by Crippen LogP contribution is 2.09. The van der Waals surface area contributed by atoms with E-state index in [1.54, 1.807) is 17.1 Å². The lowest BCUT2D eigenvalue weighted by molar-refractivity contribution is -0.641. The van der Waals surface area contributed by atoms with Crippen LogP contribution in [0.5, 0.6) is 0 Å². The Morgan fingerprint density at radius 1 is 1.06 bits per heavy atom. The molecule has 1 heterocycles. The number of nitrogens with one attached hydrogen (secondary N) is 1. The molecule has 1 amide bonds. The topological polar surface area (TPSA) is 33.0 Å². The van der Waals surface area contributed by atoms with E-state index in [0.29, 0.717) is 5.56 Å². The van der Waals surface area contributed by atoms with Gasteiger partial charge in [-0.05, 0) is 37.1 Å². The molecule has 3 nitrogen and oxygen atoms in total. The van der Waals surface area contributed by atoms with Crippen LogP contribution in [0.15, 0.2) is 48.8 Å². The molecule has 0 aliphatic heterocycles. The first kappa shape index (κ1) is 11.3. The van der Waals surface area contributed by atoms with Crippen molar-refractivity contribution in [2.24, 2.45) is 0 Å². The van der Waals surface area contributed by atoms with E-state index in [0.717, 1.165) is 5.56 Å². The molecule has 0 atom stereocenters. The largest absolute Gasteiger partial charge is 0.305 e. The third-order valence-electron chi connectivity index (χ3n) is 2.72. The molecule has 2 rings (SSSR count). The van der Waals surface area contributed by atoms with E-state index in [2.05, 4.69) is 5.43 Å². The van der Waals surface area contributed by atoms with Crippen molar-refractivity contribution in [1.82, 2.24) is 0 Å². The molecule has 1 aromatic carbocycles. The molecule has 1 aromatic heterocycles. The number of nitrogens with zero attached hydrogens (tertiary/aromatic N) is 1. The fourth-order valence-electron chi connectivity index (χ4n) is 1.54. The van der Waals surface area contributed by atoms with Crippen molar-refractivity contribution < 1.29 is 9.47 Å². The van der Waals surface area contributed by atoms with Crippen molar-refractivity contribution in [2.45, 2.75) is 13.8 Å². The first-order chi connectivity index (χ1) is 8.16. The fraction of sp³-hybridized carbons (Fsp3) is 0.143. The van der Waals surface area contributed by atoms with Crippen LogP contribution >= 0.6 is 0 Å². The van der Waals surface area contributed by atoms with Gasteiger partial charge in [0.2, 0.25) is 0 Å². The molecule has 86 valence electrons. The predicted octanol–water partition coefficient (Wildman–Crippen LogP) is 1.97. The van der Waals surface area contributed by atoms with Gasteiger partial charge in [0, 0.05) is 17.7 Å². The minimum Gasteiger partial charge on any atom is -0.264 e. The molecule has 17 heavy (non-hydrogen) atoms. The Morgan fingerprint density at radius 2 is 1.76 bits per heavy atom. The highest BCUT2D eigenvalue weighted by atomic mass is 16.2. The van der Waals surface area contributed by atoms with Gasteiger partial charge in [0.25, 0.3) is 0 Å². The number of pyridine rings is 1. The van der Waals surface area contributed by atoms with Crippen LogP contribution in [0.2, 0.25) is 0 Å². The molecular weight excluding hydrogens is 212 g/mol. The van der Waals surface area contributed by atoms with E-state index >= 15 is 0 Å². The molecule has 0 unspecified atom stereocenters. The zero-order valence-electron chi connectivity index (χ0n) is 9.97. The molecule has 0 fully saturated rings. The lowest BCUT2D eigenvalue weighted by Gasteiger charge is -2.03. The first-order valence-electron chi connectivity index (χ1n) is 5.52. The van der Waals surface area contributed by atoms with Crippen LogP contribution < -0.4 is 10.1 Å².